The first-order valence-corrected chi connectivity index (χ1v) is 8.88. The molecule has 1 aliphatic rings. The van der Waals surface area contributed by atoms with Crippen molar-refractivity contribution in [1.82, 2.24) is 4.57 Å². The van der Waals surface area contributed by atoms with Gasteiger partial charge in [0.1, 0.15) is 0 Å². The molecule has 3 atom stereocenters. The summed E-state index contributed by atoms with van der Waals surface area (Å²) in [5.41, 5.74) is -1.24. The van der Waals surface area contributed by atoms with Gasteiger partial charge in [0.2, 0.25) is 3.79 Å². The van der Waals surface area contributed by atoms with E-state index in [9.17, 15) is 10.2 Å². The summed E-state index contributed by atoms with van der Waals surface area (Å²) in [5, 5.41) is 20.8. The van der Waals surface area contributed by atoms with Crippen molar-refractivity contribution in [3.63, 3.8) is 0 Å². The monoisotopic (exact) mass is 467 g/mol. The lowest BCUT2D eigenvalue weighted by molar-refractivity contribution is -0.0408. The molecular formula is C12H14Br2Cl3NO2. The molecule has 0 spiro atoms. The predicted molar refractivity (Wildman–Crippen MR) is 88.5 cm³/mol. The number of halogens is 5. The molecule has 0 amide bonds. The van der Waals surface area contributed by atoms with Gasteiger partial charge in [-0.1, -0.05) is 48.1 Å². The van der Waals surface area contributed by atoms with Gasteiger partial charge in [0.05, 0.1) is 21.4 Å². The third-order valence-corrected chi connectivity index (χ3v) is 6.68. The van der Waals surface area contributed by atoms with Crippen molar-refractivity contribution in [3.05, 3.63) is 20.8 Å². The summed E-state index contributed by atoms with van der Waals surface area (Å²) in [4.78, 5) is 0. The van der Waals surface area contributed by atoms with Crippen LogP contribution >= 0.6 is 66.7 Å². The minimum absolute atomic E-state index is 0.138. The van der Waals surface area contributed by atoms with Crippen LogP contribution in [0.2, 0.25) is 0 Å². The second-order valence-corrected chi connectivity index (χ2v) is 8.83. The highest BCUT2D eigenvalue weighted by atomic mass is 79.9. The first kappa shape index (κ1) is 17.4. The summed E-state index contributed by atoms with van der Waals surface area (Å²) >= 11 is 25.0. The van der Waals surface area contributed by atoms with Gasteiger partial charge < -0.3 is 14.8 Å². The zero-order valence-corrected chi connectivity index (χ0v) is 16.0. The maximum atomic E-state index is 11.1. The minimum Gasteiger partial charge on any atom is -0.396 e. The van der Waals surface area contributed by atoms with Crippen molar-refractivity contribution in [3.8, 4) is 0 Å². The molecule has 1 aromatic heterocycles. The summed E-state index contributed by atoms with van der Waals surface area (Å²) in [7, 11) is 0. The molecule has 2 heterocycles. The maximum absolute atomic E-state index is 11.1. The Morgan fingerprint density at radius 1 is 1.40 bits per heavy atom. The molecule has 8 heteroatoms. The highest BCUT2D eigenvalue weighted by molar-refractivity contribution is 9.13. The maximum Gasteiger partial charge on any atom is 0.224 e. The van der Waals surface area contributed by atoms with Crippen molar-refractivity contribution in [1.29, 1.82) is 0 Å². The van der Waals surface area contributed by atoms with Crippen LogP contribution in [0, 0.1) is 5.92 Å². The Morgan fingerprint density at radius 2 is 2.00 bits per heavy atom. The first-order valence-electron chi connectivity index (χ1n) is 6.16. The van der Waals surface area contributed by atoms with Crippen molar-refractivity contribution < 1.29 is 10.2 Å². The zero-order valence-electron chi connectivity index (χ0n) is 10.6. The predicted octanol–water partition coefficient (Wildman–Crippen LogP) is 4.53. The van der Waals surface area contributed by atoms with Gasteiger partial charge in [-0.25, -0.2) is 0 Å². The van der Waals surface area contributed by atoms with Gasteiger partial charge in [0.15, 0.2) is 5.60 Å². The average molecular weight is 470 g/mol. The third kappa shape index (κ3) is 2.38. The van der Waals surface area contributed by atoms with Crippen LogP contribution in [0.3, 0.4) is 0 Å². The summed E-state index contributed by atoms with van der Waals surface area (Å²) < 4.78 is 1.51. The highest BCUT2D eigenvalue weighted by Gasteiger charge is 2.62. The molecule has 2 N–H and O–H groups in total. The van der Waals surface area contributed by atoms with Gasteiger partial charge in [0, 0.05) is 12.0 Å². The number of alkyl halides is 3. The smallest absolute Gasteiger partial charge is 0.224 e. The standard InChI is InChI=1S/C12H14Br2Cl3NO2/c1-2-3-8-6(5-19)11(20,12(15,16)17)9-4-7(13)10(14)18(8)9/h4,6,8,19-20H,2-3,5H2,1H3/t6-,8-,11-/m1/s1. The SMILES string of the molecule is CCC[C@@H]1[C@@H](CO)[C@](O)(C(Cl)(Cl)Cl)c2cc(Br)c(Br)n21. The van der Waals surface area contributed by atoms with Crippen molar-refractivity contribution in [2.75, 3.05) is 6.61 Å². The van der Waals surface area contributed by atoms with Crippen LogP contribution in [0.15, 0.2) is 15.1 Å². The second kappa shape index (κ2) is 5.91. The van der Waals surface area contributed by atoms with Crippen molar-refractivity contribution in [2.24, 2.45) is 5.92 Å². The quantitative estimate of drug-likeness (QED) is 0.638. The topological polar surface area (TPSA) is 45.4 Å². The van der Waals surface area contributed by atoms with Gasteiger partial charge in [-0.15, -0.1) is 0 Å². The fourth-order valence-corrected chi connectivity index (χ4v) is 4.66. The normalized spacial score (nSPS) is 29.8. The Balaban J connectivity index is 2.68. The van der Waals surface area contributed by atoms with E-state index in [1.54, 1.807) is 6.07 Å². The van der Waals surface area contributed by atoms with Crippen molar-refractivity contribution >= 4 is 66.7 Å². The number of fused-ring (bicyclic) bond motifs is 1. The minimum atomic E-state index is -1.93. The first-order chi connectivity index (χ1) is 9.20. The van der Waals surface area contributed by atoms with Gasteiger partial charge in [-0.05, 0) is 44.3 Å². The van der Waals surface area contributed by atoms with E-state index in [4.69, 9.17) is 34.8 Å². The molecule has 20 heavy (non-hydrogen) atoms. The molecule has 2 rings (SSSR count). The molecule has 0 radical (unpaired) electrons. The van der Waals surface area contributed by atoms with Crippen LogP contribution < -0.4 is 0 Å². The van der Waals surface area contributed by atoms with Crippen LogP contribution in [-0.2, 0) is 5.60 Å². The summed E-state index contributed by atoms with van der Waals surface area (Å²) in [6, 6.07) is 1.59. The summed E-state index contributed by atoms with van der Waals surface area (Å²) in [6.07, 6.45) is 1.65. The highest BCUT2D eigenvalue weighted by Crippen LogP contribution is 2.59. The summed E-state index contributed by atoms with van der Waals surface area (Å²) in [5.74, 6) is -0.575. The Hall–Kier alpha value is 1.03. The molecule has 3 nitrogen and oxygen atoms in total. The molecule has 0 fully saturated rings. The Labute approximate surface area is 149 Å². The Bertz CT molecular complexity index is 518. The Morgan fingerprint density at radius 3 is 2.45 bits per heavy atom. The third-order valence-electron chi connectivity index (χ3n) is 3.87. The molecule has 0 aromatic carbocycles. The fourth-order valence-electron chi connectivity index (χ4n) is 2.97. The molecule has 0 saturated heterocycles. The number of aromatic nitrogens is 1. The molecule has 1 aliphatic heterocycles. The molecule has 114 valence electrons. The average Bonchev–Trinajstić information content (AvgIpc) is 2.76. The molecule has 0 unspecified atom stereocenters. The number of hydrogen-bond acceptors (Lipinski definition) is 2. The van der Waals surface area contributed by atoms with Gasteiger partial charge in [-0.3, -0.25) is 0 Å². The lowest BCUT2D eigenvalue weighted by Gasteiger charge is -2.36. The van der Waals surface area contributed by atoms with E-state index in [2.05, 4.69) is 31.9 Å². The van der Waals surface area contributed by atoms with Gasteiger partial charge in [-0.2, -0.15) is 0 Å². The largest absolute Gasteiger partial charge is 0.396 e. The van der Waals surface area contributed by atoms with Crippen LogP contribution in [0.4, 0.5) is 0 Å². The molecule has 0 bridgehead atoms. The number of aliphatic hydroxyl groups is 2. The molecular weight excluding hydrogens is 456 g/mol. The van der Waals surface area contributed by atoms with Gasteiger partial charge in [0.25, 0.3) is 0 Å². The molecule has 0 saturated carbocycles. The number of nitrogens with zero attached hydrogens (tertiary/aromatic N) is 1. The lowest BCUT2D eigenvalue weighted by atomic mass is 9.83. The van der Waals surface area contributed by atoms with E-state index < -0.39 is 15.3 Å². The molecule has 1 aromatic rings. The zero-order chi connectivity index (χ0) is 15.3. The number of rotatable bonds is 3. The van der Waals surface area contributed by atoms with Crippen LogP contribution in [0.5, 0.6) is 0 Å². The number of aliphatic hydroxyl groups excluding tert-OH is 1. The van der Waals surface area contributed by atoms with E-state index in [0.717, 1.165) is 21.9 Å². The van der Waals surface area contributed by atoms with E-state index in [0.29, 0.717) is 5.69 Å². The van der Waals surface area contributed by atoms with Crippen LogP contribution in [0.25, 0.3) is 0 Å². The molecule has 0 aliphatic carbocycles. The van der Waals surface area contributed by atoms with Crippen molar-refractivity contribution in [2.45, 2.75) is 35.2 Å². The lowest BCUT2D eigenvalue weighted by Crippen LogP contribution is -2.46. The summed E-state index contributed by atoms with van der Waals surface area (Å²) in [6.45, 7) is 1.77. The second-order valence-electron chi connectivity index (χ2n) is 4.95. The van der Waals surface area contributed by atoms with E-state index in [1.165, 1.54) is 0 Å². The van der Waals surface area contributed by atoms with E-state index >= 15 is 0 Å². The van der Waals surface area contributed by atoms with E-state index in [-0.39, 0.29) is 12.6 Å². The fraction of sp³-hybridized carbons (Fsp3) is 0.667. The van der Waals surface area contributed by atoms with Gasteiger partial charge >= 0.3 is 0 Å². The van der Waals surface area contributed by atoms with Crippen LogP contribution in [-0.4, -0.2) is 25.2 Å². The van der Waals surface area contributed by atoms with Crippen LogP contribution in [0.1, 0.15) is 31.5 Å². The number of hydrogen-bond donors (Lipinski definition) is 2. The van der Waals surface area contributed by atoms with E-state index in [1.807, 2.05) is 11.5 Å². The Kier molecular flexibility index (Phi) is 5.14.